The van der Waals surface area contributed by atoms with Crippen LogP contribution in [0.4, 0.5) is 0 Å². The summed E-state index contributed by atoms with van der Waals surface area (Å²) in [6, 6.07) is 47.2. The summed E-state index contributed by atoms with van der Waals surface area (Å²) in [5, 5.41) is 5.04. The quantitative estimate of drug-likeness (QED) is 0.206. The van der Waals surface area contributed by atoms with E-state index in [1.807, 2.05) is 6.08 Å². The lowest BCUT2D eigenvalue weighted by Crippen LogP contribution is -1.91. The zero-order chi connectivity index (χ0) is 27.3. The molecule has 0 aliphatic heterocycles. The fourth-order valence-electron chi connectivity index (χ4n) is 5.77. The first-order valence-electron chi connectivity index (χ1n) is 13.9. The summed E-state index contributed by atoms with van der Waals surface area (Å²) in [5.74, 6) is 0. The van der Waals surface area contributed by atoms with Gasteiger partial charge in [-0.1, -0.05) is 164 Å². The van der Waals surface area contributed by atoms with Gasteiger partial charge in [-0.3, -0.25) is 0 Å². The van der Waals surface area contributed by atoms with E-state index in [9.17, 15) is 0 Å². The molecule has 0 heteroatoms. The maximum atomic E-state index is 3.94. The third-order valence-electron chi connectivity index (χ3n) is 7.59. The van der Waals surface area contributed by atoms with E-state index in [1.165, 1.54) is 66.1 Å². The van der Waals surface area contributed by atoms with Crippen molar-refractivity contribution in [3.63, 3.8) is 0 Å². The number of hydrogen-bond acceptors (Lipinski definition) is 0. The van der Waals surface area contributed by atoms with Crippen molar-refractivity contribution in [1.82, 2.24) is 0 Å². The van der Waals surface area contributed by atoms with Crippen LogP contribution in [0.5, 0.6) is 0 Å². The molecule has 0 aromatic heterocycles. The molecule has 0 saturated carbocycles. The van der Waals surface area contributed by atoms with Gasteiger partial charge in [-0.25, -0.2) is 0 Å². The van der Waals surface area contributed by atoms with Crippen LogP contribution in [-0.4, -0.2) is 0 Å². The van der Waals surface area contributed by atoms with Crippen LogP contribution < -0.4 is 0 Å². The Morgan fingerprint density at radius 2 is 1.15 bits per heavy atom. The maximum absolute atomic E-state index is 3.94. The van der Waals surface area contributed by atoms with Gasteiger partial charge in [-0.05, 0) is 73.8 Å². The van der Waals surface area contributed by atoms with Gasteiger partial charge in [0.1, 0.15) is 0 Å². The zero-order valence-electron chi connectivity index (χ0n) is 22.8. The fraction of sp³-hybridized carbons (Fsp3) is 0.0500. The van der Waals surface area contributed by atoms with Crippen molar-refractivity contribution in [2.24, 2.45) is 0 Å². The van der Waals surface area contributed by atoms with E-state index in [1.54, 1.807) is 0 Å². The van der Waals surface area contributed by atoms with Gasteiger partial charge in [0.2, 0.25) is 0 Å². The van der Waals surface area contributed by atoms with Gasteiger partial charge in [0, 0.05) is 0 Å². The molecule has 0 heterocycles. The molecule has 6 aromatic carbocycles. The molecule has 6 aromatic rings. The highest BCUT2D eigenvalue weighted by Crippen LogP contribution is 2.35. The molecule has 1 aliphatic carbocycles. The molecule has 0 radical (unpaired) electrons. The predicted molar refractivity (Wildman–Crippen MR) is 174 cm³/mol. The molecule has 0 amide bonds. The van der Waals surface area contributed by atoms with Crippen molar-refractivity contribution >= 4 is 33.2 Å². The van der Waals surface area contributed by atoms with E-state index >= 15 is 0 Å². The van der Waals surface area contributed by atoms with Crippen LogP contribution in [0.1, 0.15) is 29.2 Å². The minimum absolute atomic E-state index is 1.11. The molecule has 192 valence electrons. The summed E-state index contributed by atoms with van der Waals surface area (Å²) in [6.45, 7) is 6.14. The summed E-state index contributed by atoms with van der Waals surface area (Å²) < 4.78 is 0. The fourth-order valence-corrected chi connectivity index (χ4v) is 5.77. The highest BCUT2D eigenvalue weighted by atomic mass is 14.2. The van der Waals surface area contributed by atoms with Gasteiger partial charge in [0.05, 0.1) is 0 Å². The van der Waals surface area contributed by atoms with Crippen LogP contribution in [0.25, 0.3) is 44.3 Å². The molecular weight excluding hydrogens is 480 g/mol. The van der Waals surface area contributed by atoms with Gasteiger partial charge < -0.3 is 0 Å². The number of fused-ring (bicyclic) bond motifs is 3. The van der Waals surface area contributed by atoms with E-state index in [4.69, 9.17) is 0 Å². The topological polar surface area (TPSA) is 0 Å². The smallest absolute Gasteiger partial charge is 0.00604 e. The van der Waals surface area contributed by atoms with Crippen LogP contribution in [0.15, 0.2) is 158 Å². The molecule has 1 aliphatic rings. The lowest BCUT2D eigenvalue weighted by atomic mass is 9.90. The van der Waals surface area contributed by atoms with E-state index in [0.717, 1.165) is 6.42 Å². The Labute approximate surface area is 237 Å². The highest BCUT2D eigenvalue weighted by Gasteiger charge is 2.14. The summed E-state index contributed by atoms with van der Waals surface area (Å²) >= 11 is 0. The summed E-state index contributed by atoms with van der Waals surface area (Å²) in [7, 11) is 0. The minimum atomic E-state index is 1.11. The van der Waals surface area contributed by atoms with Crippen molar-refractivity contribution in [2.45, 2.75) is 13.3 Å². The number of rotatable bonds is 4. The Kier molecular flexibility index (Phi) is 7.24. The summed E-state index contributed by atoms with van der Waals surface area (Å²) in [4.78, 5) is 0. The van der Waals surface area contributed by atoms with Crippen LogP contribution in [0, 0.1) is 0 Å². The average Bonchev–Trinajstić information content (AvgIpc) is 3.40. The molecule has 7 rings (SSSR count). The molecule has 0 fully saturated rings. The second-order valence-corrected chi connectivity index (χ2v) is 10.3. The lowest BCUT2D eigenvalue weighted by Gasteiger charge is -2.14. The summed E-state index contributed by atoms with van der Waals surface area (Å²) in [6.07, 6.45) is 7.41. The second-order valence-electron chi connectivity index (χ2n) is 10.3. The highest BCUT2D eigenvalue weighted by molar-refractivity contribution is 6.04. The van der Waals surface area contributed by atoms with Crippen LogP contribution in [-0.2, 0) is 6.42 Å². The van der Waals surface area contributed by atoms with Gasteiger partial charge in [0.25, 0.3) is 0 Å². The van der Waals surface area contributed by atoms with Gasteiger partial charge in [-0.15, -0.1) is 0 Å². The Hall–Kier alpha value is -4.94. The number of hydrogen-bond donors (Lipinski definition) is 0. The Balaban J connectivity index is 0.000000157. The van der Waals surface area contributed by atoms with E-state index in [2.05, 4.69) is 159 Å². The van der Waals surface area contributed by atoms with Crippen molar-refractivity contribution in [2.75, 3.05) is 0 Å². The zero-order valence-corrected chi connectivity index (χ0v) is 22.8. The maximum Gasteiger partial charge on any atom is -0.00604 e. The lowest BCUT2D eigenvalue weighted by molar-refractivity contribution is 1.20. The van der Waals surface area contributed by atoms with E-state index < -0.39 is 0 Å². The molecule has 0 saturated heterocycles. The number of allylic oxidation sites excluding steroid dienone is 3. The normalized spacial score (nSPS) is 11.8. The Morgan fingerprint density at radius 3 is 1.77 bits per heavy atom. The van der Waals surface area contributed by atoms with Gasteiger partial charge in [0.15, 0.2) is 0 Å². The summed E-state index contributed by atoms with van der Waals surface area (Å²) in [5.41, 5.74) is 10.7. The first kappa shape index (κ1) is 25.3. The van der Waals surface area contributed by atoms with E-state index in [0.29, 0.717) is 0 Å². The molecule has 0 bridgehead atoms. The monoisotopic (exact) mass is 512 g/mol. The standard InChI is InChI=1S/C24H18.C16H14/c1-2-9-22(23-16-7-12-18-10-3-5-14-20(18)23)24-17-8-13-19-11-4-6-15-21(19)24;1-12-10-14-8-5-9-15(16(14)11-12)13-6-3-2-4-7-13/h2-17H,1H2;2-9,11H,10H2,1H3. The first-order chi connectivity index (χ1) is 19.7. The minimum Gasteiger partial charge on any atom is -0.0990 e. The third-order valence-corrected chi connectivity index (χ3v) is 7.59. The number of benzene rings is 6. The Bertz CT molecular complexity index is 1790. The molecule has 0 atom stereocenters. The average molecular weight is 513 g/mol. The predicted octanol–water partition coefficient (Wildman–Crippen LogP) is 10.9. The SMILES string of the molecule is C=CC=C(c1cccc2ccccc12)c1cccc2ccccc12.CC1=Cc2c(cccc2-c2ccccc2)C1. The Morgan fingerprint density at radius 1 is 0.600 bits per heavy atom. The molecule has 0 N–H and O–H groups in total. The van der Waals surface area contributed by atoms with Crippen molar-refractivity contribution in [3.8, 4) is 11.1 Å². The van der Waals surface area contributed by atoms with Crippen LogP contribution >= 0.6 is 0 Å². The molecule has 0 spiro atoms. The molecule has 0 unspecified atom stereocenters. The largest absolute Gasteiger partial charge is 0.0990 e. The van der Waals surface area contributed by atoms with Gasteiger partial charge in [-0.2, -0.15) is 0 Å². The van der Waals surface area contributed by atoms with Crippen molar-refractivity contribution in [3.05, 3.63) is 180 Å². The van der Waals surface area contributed by atoms with Crippen LogP contribution in [0.3, 0.4) is 0 Å². The molecule has 0 nitrogen and oxygen atoms in total. The third kappa shape index (κ3) is 5.05. The molecule has 40 heavy (non-hydrogen) atoms. The van der Waals surface area contributed by atoms with E-state index in [-0.39, 0.29) is 0 Å². The van der Waals surface area contributed by atoms with Crippen molar-refractivity contribution in [1.29, 1.82) is 0 Å². The van der Waals surface area contributed by atoms with Crippen LogP contribution in [0.2, 0.25) is 0 Å². The van der Waals surface area contributed by atoms with Crippen molar-refractivity contribution < 1.29 is 0 Å². The first-order valence-corrected chi connectivity index (χ1v) is 13.9. The molecular formula is C40H32. The second kappa shape index (κ2) is 11.4. The van der Waals surface area contributed by atoms with Gasteiger partial charge >= 0.3 is 0 Å².